The first-order chi connectivity index (χ1) is 17.1. The fourth-order valence-corrected chi connectivity index (χ4v) is 5.85. The van der Waals surface area contributed by atoms with Gasteiger partial charge >= 0.3 is 37.6 Å². The van der Waals surface area contributed by atoms with E-state index in [9.17, 15) is 46.4 Å². The smallest absolute Gasteiger partial charge is 0.416 e. The Labute approximate surface area is 213 Å². The van der Waals surface area contributed by atoms with Crippen molar-refractivity contribution in [3.05, 3.63) is 35.4 Å². The molecule has 1 aromatic rings. The topological polar surface area (TPSA) is 244 Å². The molecule has 0 radical (unpaired) electrons. The second-order valence-electron chi connectivity index (χ2n) is 8.17. The number of hydrogen-bond donors (Lipinski definition) is 7. The quantitative estimate of drug-likeness (QED) is 0.153. The highest BCUT2D eigenvalue weighted by Crippen LogP contribution is 2.47. The van der Waals surface area contributed by atoms with Crippen molar-refractivity contribution < 1.29 is 76.6 Å². The largest absolute Gasteiger partial charge is 0.481 e. The zero-order valence-corrected chi connectivity index (χ0v) is 21.3. The first-order valence-corrected chi connectivity index (χ1v) is 14.4. The second kappa shape index (κ2) is 15.0. The van der Waals surface area contributed by atoms with Crippen LogP contribution in [0.3, 0.4) is 0 Å². The van der Waals surface area contributed by atoms with E-state index >= 15 is 0 Å². The van der Waals surface area contributed by atoms with Gasteiger partial charge in [-0.3, -0.25) is 28.3 Å². The molecule has 38 heavy (non-hydrogen) atoms. The summed E-state index contributed by atoms with van der Waals surface area (Å²) in [5.74, 6) is -7.92. The van der Waals surface area contributed by atoms with Crippen molar-refractivity contribution in [3.8, 4) is 0 Å². The van der Waals surface area contributed by atoms with E-state index in [0.717, 1.165) is 18.2 Å². The van der Waals surface area contributed by atoms with E-state index in [0.29, 0.717) is 0 Å². The lowest BCUT2D eigenvalue weighted by Gasteiger charge is -2.17. The lowest BCUT2D eigenvalue weighted by atomic mass is 10.1. The van der Waals surface area contributed by atoms with E-state index in [4.69, 9.17) is 30.2 Å². The van der Waals surface area contributed by atoms with Crippen LogP contribution in [-0.4, -0.2) is 71.3 Å². The molecule has 1 aromatic carbocycles. The van der Waals surface area contributed by atoms with Crippen LogP contribution in [0.25, 0.3) is 0 Å². The van der Waals surface area contributed by atoms with Gasteiger partial charge in [0.15, 0.2) is 0 Å². The molecule has 1 rings (SSSR count). The minimum atomic E-state index is -4.60. The fraction of sp³-hybridized carbons (Fsp3) is 0.500. The molecule has 0 amide bonds. The molecule has 0 spiro atoms. The lowest BCUT2D eigenvalue weighted by Crippen LogP contribution is -2.20. The second-order valence-corrected chi connectivity index (χ2v) is 12.2. The van der Waals surface area contributed by atoms with E-state index in [-0.39, 0.29) is 18.4 Å². The predicted molar refractivity (Wildman–Crippen MR) is 123 cm³/mol. The highest BCUT2D eigenvalue weighted by atomic mass is 31.2. The van der Waals surface area contributed by atoms with Crippen molar-refractivity contribution in [1.82, 2.24) is 0 Å². The van der Waals surface area contributed by atoms with Crippen LogP contribution < -0.4 is 0 Å². The molecule has 0 saturated carbocycles. The highest BCUT2D eigenvalue weighted by Gasteiger charge is 2.33. The van der Waals surface area contributed by atoms with Crippen molar-refractivity contribution in [2.45, 2.75) is 38.0 Å². The van der Waals surface area contributed by atoms with Crippen LogP contribution in [0.2, 0.25) is 0 Å². The maximum absolute atomic E-state index is 12.6. The summed E-state index contributed by atoms with van der Waals surface area (Å²) >= 11 is 0. The SMILES string of the molecule is O=C(O)CCC(CP(=O)(O)Cc1cccc(C(F)(F)F)c1)C(=O)O.O=C(O)CCC(CP(=O)(O)O)C(=O)O. The summed E-state index contributed by atoms with van der Waals surface area (Å²) in [5.41, 5.74) is -1.02. The van der Waals surface area contributed by atoms with Crippen molar-refractivity contribution in [3.63, 3.8) is 0 Å². The monoisotopic (exact) mass is 594 g/mol. The molecule has 216 valence electrons. The molecule has 0 bridgehead atoms. The van der Waals surface area contributed by atoms with E-state index in [2.05, 4.69) is 0 Å². The number of carbonyl (C=O) groups is 4. The summed E-state index contributed by atoms with van der Waals surface area (Å²) in [6.45, 7) is 0. The number of alkyl halides is 3. The first-order valence-electron chi connectivity index (χ1n) is 10.5. The van der Waals surface area contributed by atoms with Crippen molar-refractivity contribution in [2.24, 2.45) is 11.8 Å². The van der Waals surface area contributed by atoms with Crippen LogP contribution in [0, 0.1) is 11.8 Å². The molecule has 7 N–H and O–H groups in total. The van der Waals surface area contributed by atoms with Crippen LogP contribution in [0.15, 0.2) is 24.3 Å². The van der Waals surface area contributed by atoms with Gasteiger partial charge in [-0.2, -0.15) is 13.2 Å². The molecule has 0 aliphatic carbocycles. The van der Waals surface area contributed by atoms with Crippen LogP contribution in [0.5, 0.6) is 0 Å². The Bertz CT molecular complexity index is 1080. The maximum atomic E-state index is 12.6. The zero-order valence-electron chi connectivity index (χ0n) is 19.5. The van der Waals surface area contributed by atoms with Gasteiger partial charge in [-0.1, -0.05) is 18.2 Å². The fourth-order valence-electron chi connectivity index (χ4n) is 3.01. The molecule has 0 heterocycles. The normalized spacial score (nSPS) is 14.8. The summed E-state index contributed by atoms with van der Waals surface area (Å²) < 4.78 is 60.5. The van der Waals surface area contributed by atoms with Crippen molar-refractivity contribution >= 4 is 38.8 Å². The number of benzene rings is 1. The first kappa shape index (κ1) is 35.2. The van der Waals surface area contributed by atoms with Gasteiger partial charge in [-0.15, -0.1) is 0 Å². The Morgan fingerprint density at radius 1 is 0.789 bits per heavy atom. The zero-order chi connectivity index (χ0) is 29.9. The Morgan fingerprint density at radius 3 is 1.61 bits per heavy atom. The van der Waals surface area contributed by atoms with Crippen LogP contribution >= 0.6 is 15.0 Å². The summed E-state index contributed by atoms with van der Waals surface area (Å²) in [5, 5.41) is 34.3. The molecule has 0 aliphatic heterocycles. The van der Waals surface area contributed by atoms with E-state index < -0.39 is 93.7 Å². The molecule has 3 unspecified atom stereocenters. The third kappa shape index (κ3) is 16.2. The molecule has 0 aromatic heterocycles. The van der Waals surface area contributed by atoms with E-state index in [1.54, 1.807) is 0 Å². The standard InChI is InChI=1S/C14H16F3O6P.C6H11O7P/c15-14(16,17)11-3-1-2-9(6-11)7-24(22,23)8-10(13(20)21)4-5-12(18)19;7-5(8)2-1-4(6(9)10)3-14(11,12)13/h1-3,6,10H,4-5,7-8H2,(H,18,19)(H,20,21)(H,22,23);4H,1-3H2,(H,7,8)(H,9,10)(H2,11,12,13). The van der Waals surface area contributed by atoms with Gasteiger partial charge in [-0.25, -0.2) is 0 Å². The maximum Gasteiger partial charge on any atom is 0.416 e. The molecular weight excluding hydrogens is 567 g/mol. The van der Waals surface area contributed by atoms with Gasteiger partial charge < -0.3 is 35.1 Å². The van der Waals surface area contributed by atoms with Crippen LogP contribution in [0.4, 0.5) is 13.2 Å². The number of halogens is 3. The Kier molecular flexibility index (Phi) is 13.9. The van der Waals surface area contributed by atoms with Gasteiger partial charge in [0.25, 0.3) is 0 Å². The molecule has 0 aliphatic rings. The Hall–Kier alpha value is -2.77. The molecular formula is C20H27F3O13P2. The van der Waals surface area contributed by atoms with Gasteiger partial charge in [0.1, 0.15) is 0 Å². The number of carboxylic acid groups (broad SMARTS) is 4. The summed E-state index contributed by atoms with van der Waals surface area (Å²) in [7, 11) is -8.51. The lowest BCUT2D eigenvalue weighted by molar-refractivity contribution is -0.144. The number of rotatable bonds is 14. The van der Waals surface area contributed by atoms with Crippen molar-refractivity contribution in [1.29, 1.82) is 0 Å². The Balaban J connectivity index is 0.000000835. The summed E-state index contributed by atoms with van der Waals surface area (Å²) in [6.07, 6.45) is -8.26. The van der Waals surface area contributed by atoms with Crippen molar-refractivity contribution in [2.75, 3.05) is 12.3 Å². The average molecular weight is 594 g/mol. The van der Waals surface area contributed by atoms with Crippen LogP contribution in [0.1, 0.15) is 36.8 Å². The predicted octanol–water partition coefficient (Wildman–Crippen LogP) is 2.77. The average Bonchev–Trinajstić information content (AvgIpc) is 2.72. The third-order valence-corrected chi connectivity index (χ3v) is 7.55. The number of hydrogen-bond acceptors (Lipinski definition) is 6. The highest BCUT2D eigenvalue weighted by molar-refractivity contribution is 7.57. The molecule has 18 heteroatoms. The van der Waals surface area contributed by atoms with E-state index in [1.165, 1.54) is 6.07 Å². The Morgan fingerprint density at radius 2 is 1.24 bits per heavy atom. The van der Waals surface area contributed by atoms with Gasteiger partial charge in [0, 0.05) is 25.2 Å². The third-order valence-electron chi connectivity index (χ3n) is 4.76. The molecule has 3 atom stereocenters. The molecule has 0 fully saturated rings. The number of carboxylic acids is 4. The minimum Gasteiger partial charge on any atom is -0.481 e. The van der Waals surface area contributed by atoms with Crippen LogP contribution in [-0.2, 0) is 40.6 Å². The van der Waals surface area contributed by atoms with Gasteiger partial charge in [0.05, 0.1) is 23.6 Å². The van der Waals surface area contributed by atoms with Gasteiger partial charge in [0.2, 0.25) is 7.37 Å². The summed E-state index contributed by atoms with van der Waals surface area (Å²) in [4.78, 5) is 69.0. The van der Waals surface area contributed by atoms with E-state index in [1.807, 2.05) is 0 Å². The summed E-state index contributed by atoms with van der Waals surface area (Å²) in [6, 6.07) is 3.89. The van der Waals surface area contributed by atoms with Gasteiger partial charge in [-0.05, 0) is 24.5 Å². The minimum absolute atomic E-state index is 0.0435. The molecule has 0 saturated heterocycles. The molecule has 13 nitrogen and oxygen atoms in total. The number of aliphatic carboxylic acids is 4.